The number of halogens is 1. The molecule has 0 saturated heterocycles. The molecule has 0 atom stereocenters. The van der Waals surface area contributed by atoms with Crippen molar-refractivity contribution in [1.29, 1.82) is 0 Å². The third-order valence-electron chi connectivity index (χ3n) is 4.45. The fourth-order valence-electron chi connectivity index (χ4n) is 3.13. The van der Waals surface area contributed by atoms with Crippen LogP contribution in [0.2, 0.25) is 0 Å². The molecule has 1 saturated carbocycles. The maximum absolute atomic E-state index is 4.21. The summed E-state index contributed by atoms with van der Waals surface area (Å²) in [5, 5.41) is 1.15. The molecule has 0 aromatic carbocycles. The van der Waals surface area contributed by atoms with Crippen LogP contribution in [0, 0.1) is 11.3 Å². The lowest BCUT2D eigenvalue weighted by Gasteiger charge is -2.39. The molecule has 1 fully saturated rings. The van der Waals surface area contributed by atoms with Crippen molar-refractivity contribution in [1.82, 2.24) is 4.98 Å². The summed E-state index contributed by atoms with van der Waals surface area (Å²) in [6.45, 7) is 2.30. The predicted molar refractivity (Wildman–Crippen MR) is 83.5 cm³/mol. The average Bonchev–Trinajstić information content (AvgIpc) is 2.91. The van der Waals surface area contributed by atoms with Crippen molar-refractivity contribution in [3.05, 3.63) is 16.6 Å². The minimum Gasteiger partial charge on any atom is -0.253 e. The summed E-state index contributed by atoms with van der Waals surface area (Å²) in [7, 11) is 0. The molecule has 0 amide bonds. The van der Waals surface area contributed by atoms with E-state index < -0.39 is 0 Å². The lowest BCUT2D eigenvalue weighted by molar-refractivity contribution is 0.169. The van der Waals surface area contributed by atoms with E-state index in [1.807, 2.05) is 16.8 Å². The molecule has 1 nitrogen and oxygen atoms in total. The summed E-state index contributed by atoms with van der Waals surface area (Å²) in [5.74, 6) is 0.999. The highest BCUT2D eigenvalue weighted by Gasteiger charge is 2.34. The summed E-state index contributed by atoms with van der Waals surface area (Å²) in [4.78, 5) is 5.67. The fourth-order valence-corrected chi connectivity index (χ4v) is 4.66. The van der Waals surface area contributed by atoms with Crippen LogP contribution in [0.25, 0.3) is 0 Å². The Morgan fingerprint density at radius 2 is 2.22 bits per heavy atom. The Labute approximate surface area is 124 Å². The first kappa shape index (κ1) is 14.5. The van der Waals surface area contributed by atoms with Gasteiger partial charge in [-0.3, -0.25) is 4.98 Å². The van der Waals surface area contributed by atoms with Gasteiger partial charge < -0.3 is 0 Å². The molecule has 2 rings (SSSR count). The smallest absolute Gasteiger partial charge is 0.0794 e. The van der Waals surface area contributed by atoms with Crippen molar-refractivity contribution in [2.24, 2.45) is 11.3 Å². The van der Waals surface area contributed by atoms with Gasteiger partial charge in [0.25, 0.3) is 0 Å². The topological polar surface area (TPSA) is 12.9 Å². The highest BCUT2D eigenvalue weighted by atomic mass is 79.9. The second-order valence-electron chi connectivity index (χ2n) is 5.86. The lowest BCUT2D eigenvalue weighted by Crippen LogP contribution is -2.31. The van der Waals surface area contributed by atoms with E-state index in [0.29, 0.717) is 5.41 Å². The van der Waals surface area contributed by atoms with Crippen LogP contribution in [0.4, 0.5) is 0 Å². The van der Waals surface area contributed by atoms with Gasteiger partial charge >= 0.3 is 0 Å². The molecule has 102 valence electrons. The van der Waals surface area contributed by atoms with E-state index in [4.69, 9.17) is 0 Å². The van der Waals surface area contributed by atoms with Crippen LogP contribution in [0.3, 0.4) is 0 Å². The summed E-state index contributed by atoms with van der Waals surface area (Å²) < 4.78 is 0. The molecule has 0 aliphatic heterocycles. The van der Waals surface area contributed by atoms with Gasteiger partial charge in [-0.2, -0.15) is 0 Å². The van der Waals surface area contributed by atoms with Crippen LogP contribution in [-0.4, -0.2) is 10.3 Å². The van der Waals surface area contributed by atoms with Crippen LogP contribution in [0.15, 0.2) is 11.7 Å². The largest absolute Gasteiger partial charge is 0.253 e. The molecule has 18 heavy (non-hydrogen) atoms. The maximum Gasteiger partial charge on any atom is 0.0794 e. The van der Waals surface area contributed by atoms with Gasteiger partial charge in [-0.1, -0.05) is 42.1 Å². The number of thiazole rings is 1. The Morgan fingerprint density at radius 3 is 2.78 bits per heavy atom. The van der Waals surface area contributed by atoms with Crippen LogP contribution >= 0.6 is 27.3 Å². The number of alkyl halides is 1. The van der Waals surface area contributed by atoms with Crippen LogP contribution in [0.1, 0.15) is 56.7 Å². The van der Waals surface area contributed by atoms with Gasteiger partial charge in [0.15, 0.2) is 0 Å². The van der Waals surface area contributed by atoms with E-state index in [-0.39, 0.29) is 0 Å². The first-order chi connectivity index (χ1) is 8.78. The number of nitrogens with zero attached hydrogens (tertiary/aromatic N) is 1. The highest BCUT2D eigenvalue weighted by molar-refractivity contribution is 9.09. The zero-order valence-corrected chi connectivity index (χ0v) is 13.7. The van der Waals surface area contributed by atoms with E-state index in [1.165, 1.54) is 56.2 Å². The minimum absolute atomic E-state index is 0.509. The number of rotatable bonds is 6. The van der Waals surface area contributed by atoms with Gasteiger partial charge in [-0.25, -0.2) is 0 Å². The molecular formula is C15H24BrNS. The average molecular weight is 330 g/mol. The second-order valence-corrected chi connectivity index (χ2v) is 7.40. The Morgan fingerprint density at radius 1 is 1.44 bits per heavy atom. The number of hydrogen-bond acceptors (Lipinski definition) is 2. The van der Waals surface area contributed by atoms with Crippen molar-refractivity contribution in [2.45, 2.75) is 58.3 Å². The first-order valence-electron chi connectivity index (χ1n) is 7.21. The standard InChI is InChI=1S/C15H24BrNS/c1-2-3-4-13-5-7-15(11-16,8-6-13)9-14-10-17-12-18-14/h10,12-13H,2-9,11H2,1H3. The van der Waals surface area contributed by atoms with E-state index in [2.05, 4.69) is 34.0 Å². The molecule has 0 spiro atoms. The van der Waals surface area contributed by atoms with Crippen molar-refractivity contribution < 1.29 is 0 Å². The number of hydrogen-bond donors (Lipinski definition) is 0. The molecule has 0 radical (unpaired) electrons. The SMILES string of the molecule is CCCCC1CCC(CBr)(Cc2cncs2)CC1. The number of unbranched alkanes of at least 4 members (excludes halogenated alkanes) is 1. The van der Waals surface area contributed by atoms with Gasteiger partial charge in [0, 0.05) is 16.4 Å². The van der Waals surface area contributed by atoms with Gasteiger partial charge in [0.05, 0.1) is 5.51 Å². The summed E-state index contributed by atoms with van der Waals surface area (Å²) in [5.41, 5.74) is 2.47. The highest BCUT2D eigenvalue weighted by Crippen LogP contribution is 2.44. The summed E-state index contributed by atoms with van der Waals surface area (Å²) in [6.07, 6.45) is 13.2. The van der Waals surface area contributed by atoms with Gasteiger partial charge in [-0.05, 0) is 43.4 Å². The van der Waals surface area contributed by atoms with Gasteiger partial charge in [-0.15, -0.1) is 11.3 Å². The minimum atomic E-state index is 0.509. The van der Waals surface area contributed by atoms with Crippen molar-refractivity contribution in [3.8, 4) is 0 Å². The zero-order valence-electron chi connectivity index (χ0n) is 11.3. The Bertz CT molecular complexity index is 328. The lowest BCUT2D eigenvalue weighted by atomic mass is 9.69. The van der Waals surface area contributed by atoms with E-state index in [0.717, 1.165) is 11.2 Å². The third kappa shape index (κ3) is 3.80. The van der Waals surface area contributed by atoms with Crippen molar-refractivity contribution in [2.75, 3.05) is 5.33 Å². The van der Waals surface area contributed by atoms with E-state index >= 15 is 0 Å². The second kappa shape index (κ2) is 7.04. The Hall–Kier alpha value is 0.110. The Kier molecular flexibility index (Phi) is 5.68. The van der Waals surface area contributed by atoms with Gasteiger partial charge in [0.1, 0.15) is 0 Å². The van der Waals surface area contributed by atoms with Crippen LogP contribution in [-0.2, 0) is 6.42 Å². The molecule has 0 N–H and O–H groups in total. The first-order valence-corrected chi connectivity index (χ1v) is 9.21. The molecular weight excluding hydrogens is 306 g/mol. The van der Waals surface area contributed by atoms with E-state index in [1.54, 1.807) is 0 Å². The normalized spacial score (nSPS) is 28.4. The van der Waals surface area contributed by atoms with Crippen molar-refractivity contribution >= 4 is 27.3 Å². The summed E-state index contributed by atoms with van der Waals surface area (Å²) >= 11 is 5.58. The number of aromatic nitrogens is 1. The molecule has 1 heterocycles. The van der Waals surface area contributed by atoms with Gasteiger partial charge in [0.2, 0.25) is 0 Å². The Balaban J connectivity index is 1.87. The van der Waals surface area contributed by atoms with Crippen LogP contribution < -0.4 is 0 Å². The third-order valence-corrected chi connectivity index (χ3v) is 6.42. The molecule has 1 aliphatic carbocycles. The monoisotopic (exact) mass is 329 g/mol. The maximum atomic E-state index is 4.21. The molecule has 3 heteroatoms. The molecule has 0 unspecified atom stereocenters. The predicted octanol–water partition coefficient (Wildman–Crippen LogP) is 5.45. The van der Waals surface area contributed by atoms with E-state index in [9.17, 15) is 0 Å². The summed E-state index contributed by atoms with van der Waals surface area (Å²) in [6, 6.07) is 0. The quantitative estimate of drug-likeness (QED) is 0.632. The molecule has 1 aromatic rings. The van der Waals surface area contributed by atoms with Crippen molar-refractivity contribution in [3.63, 3.8) is 0 Å². The molecule has 1 aliphatic rings. The zero-order chi connectivity index (χ0) is 12.8. The fraction of sp³-hybridized carbons (Fsp3) is 0.800. The molecule has 1 aromatic heterocycles. The molecule has 0 bridgehead atoms. The van der Waals surface area contributed by atoms with Crippen LogP contribution in [0.5, 0.6) is 0 Å².